The Morgan fingerprint density at radius 1 is 0.882 bits per heavy atom. The molecule has 3 heteroatoms. The first-order valence-corrected chi connectivity index (χ1v) is 7.08. The zero-order valence-corrected chi connectivity index (χ0v) is 11.7. The average Bonchev–Trinajstić information content (AvgIpc) is 2.41. The molecule has 0 nitrogen and oxygen atoms in total. The lowest BCUT2D eigenvalue weighted by Crippen LogP contribution is -2.50. The molecule has 2 aromatic carbocycles. The van der Waals surface area contributed by atoms with Crippen molar-refractivity contribution in [1.29, 1.82) is 0 Å². The molecule has 0 aliphatic heterocycles. The highest BCUT2D eigenvalue weighted by Gasteiger charge is 2.26. The highest BCUT2D eigenvalue weighted by Crippen LogP contribution is 2.08. The van der Waals surface area contributed by atoms with E-state index in [1.165, 1.54) is 10.9 Å². The first-order valence-electron chi connectivity index (χ1n) is 5.63. The van der Waals surface area contributed by atoms with Gasteiger partial charge in [-0.3, -0.25) is 0 Å². The smallest absolute Gasteiger partial charge is 0.126 e. The molecule has 0 bridgehead atoms. The Labute approximate surface area is 116 Å². The van der Waals surface area contributed by atoms with E-state index in [0.717, 1.165) is 0 Å². The van der Waals surface area contributed by atoms with Crippen LogP contribution in [0.1, 0.15) is 0 Å². The SMILES string of the molecule is ClCC(Br)B(c1ccccc1)c1ccccc1. The molecule has 1 atom stereocenters. The second-order valence-electron chi connectivity index (χ2n) is 3.97. The van der Waals surface area contributed by atoms with Crippen LogP contribution in [-0.2, 0) is 0 Å². The molecule has 86 valence electrons. The van der Waals surface area contributed by atoms with Gasteiger partial charge in [-0.15, -0.1) is 11.6 Å². The van der Waals surface area contributed by atoms with Crippen molar-refractivity contribution >= 4 is 45.2 Å². The van der Waals surface area contributed by atoms with Crippen LogP contribution in [0.5, 0.6) is 0 Å². The van der Waals surface area contributed by atoms with E-state index in [-0.39, 0.29) is 4.73 Å². The van der Waals surface area contributed by atoms with Crippen LogP contribution in [0.25, 0.3) is 0 Å². The number of rotatable bonds is 4. The van der Waals surface area contributed by atoms with E-state index in [0.29, 0.717) is 12.6 Å². The van der Waals surface area contributed by atoms with Gasteiger partial charge in [-0.05, 0) is 0 Å². The minimum Gasteiger partial charge on any atom is -0.126 e. The van der Waals surface area contributed by atoms with E-state index in [9.17, 15) is 0 Å². The van der Waals surface area contributed by atoms with Crippen molar-refractivity contribution in [3.63, 3.8) is 0 Å². The monoisotopic (exact) mass is 306 g/mol. The van der Waals surface area contributed by atoms with Crippen molar-refractivity contribution in [2.45, 2.75) is 4.73 Å². The molecule has 2 aromatic rings. The summed E-state index contributed by atoms with van der Waals surface area (Å²) in [6, 6.07) is 21.0. The number of halogens is 2. The number of hydrogen-bond acceptors (Lipinski definition) is 0. The van der Waals surface area contributed by atoms with Crippen molar-refractivity contribution in [3.05, 3.63) is 60.7 Å². The summed E-state index contributed by atoms with van der Waals surface area (Å²) in [5, 5.41) is 0. The molecule has 0 aromatic heterocycles. The third-order valence-corrected chi connectivity index (χ3v) is 4.38. The standard InChI is InChI=1S/C14H13BBrCl/c16-14(11-17)15(12-7-3-1-4-8-12)13-9-5-2-6-10-13/h1-10,14H,11H2. The van der Waals surface area contributed by atoms with Gasteiger partial charge in [0, 0.05) is 10.6 Å². The van der Waals surface area contributed by atoms with E-state index < -0.39 is 0 Å². The maximum Gasteiger partial charge on any atom is 0.224 e. The van der Waals surface area contributed by atoms with Crippen LogP contribution >= 0.6 is 27.5 Å². The normalized spacial score (nSPS) is 12.1. The second-order valence-corrected chi connectivity index (χ2v) is 5.45. The zero-order chi connectivity index (χ0) is 12.1. The Kier molecular flexibility index (Phi) is 4.70. The van der Waals surface area contributed by atoms with Gasteiger partial charge in [-0.25, -0.2) is 0 Å². The van der Waals surface area contributed by atoms with Gasteiger partial charge in [0.05, 0.1) is 0 Å². The molecular weight excluding hydrogens is 294 g/mol. The minimum atomic E-state index is 0.244. The molecule has 0 fully saturated rings. The third kappa shape index (κ3) is 3.14. The van der Waals surface area contributed by atoms with Crippen LogP contribution in [0.4, 0.5) is 0 Å². The average molecular weight is 307 g/mol. The highest BCUT2D eigenvalue weighted by atomic mass is 79.9. The molecule has 0 saturated carbocycles. The van der Waals surface area contributed by atoms with Gasteiger partial charge in [0.1, 0.15) is 0 Å². The van der Waals surface area contributed by atoms with E-state index in [4.69, 9.17) is 11.6 Å². The quantitative estimate of drug-likeness (QED) is 0.602. The van der Waals surface area contributed by atoms with Gasteiger partial charge < -0.3 is 0 Å². The molecule has 17 heavy (non-hydrogen) atoms. The third-order valence-electron chi connectivity index (χ3n) is 2.83. The Morgan fingerprint density at radius 2 is 1.29 bits per heavy atom. The number of benzene rings is 2. The van der Waals surface area contributed by atoms with Crippen LogP contribution in [0, 0.1) is 0 Å². The summed E-state index contributed by atoms with van der Waals surface area (Å²) in [7, 11) is 0. The van der Waals surface area contributed by atoms with Crippen LogP contribution in [0.15, 0.2) is 60.7 Å². The Morgan fingerprint density at radius 3 is 1.65 bits per heavy atom. The number of alkyl halides is 2. The molecule has 0 aliphatic rings. The lowest BCUT2D eigenvalue weighted by Gasteiger charge is -2.18. The van der Waals surface area contributed by atoms with E-state index >= 15 is 0 Å². The van der Waals surface area contributed by atoms with Gasteiger partial charge >= 0.3 is 0 Å². The van der Waals surface area contributed by atoms with Gasteiger partial charge in [0.2, 0.25) is 6.71 Å². The summed E-state index contributed by atoms with van der Waals surface area (Å²) < 4.78 is 0.244. The lowest BCUT2D eigenvalue weighted by atomic mass is 9.39. The molecule has 0 radical (unpaired) electrons. The molecule has 0 aliphatic carbocycles. The van der Waals surface area contributed by atoms with E-state index in [1.54, 1.807) is 0 Å². The van der Waals surface area contributed by atoms with Crippen molar-refractivity contribution in [2.24, 2.45) is 0 Å². The van der Waals surface area contributed by atoms with E-state index in [1.807, 2.05) is 12.1 Å². The molecule has 0 spiro atoms. The minimum absolute atomic E-state index is 0.244. The predicted octanol–water partition coefficient (Wildman–Crippen LogP) is 2.84. The topological polar surface area (TPSA) is 0 Å². The Hall–Kier alpha value is -0.725. The summed E-state index contributed by atoms with van der Waals surface area (Å²) in [4.78, 5) is 0. The van der Waals surface area contributed by atoms with Crippen LogP contribution < -0.4 is 10.9 Å². The van der Waals surface area contributed by atoms with Gasteiger partial charge in [-0.2, -0.15) is 0 Å². The molecule has 2 rings (SSSR count). The predicted molar refractivity (Wildman–Crippen MR) is 81.3 cm³/mol. The first-order chi connectivity index (χ1) is 8.33. The Bertz CT molecular complexity index is 407. The lowest BCUT2D eigenvalue weighted by molar-refractivity contribution is 1.40. The fraction of sp³-hybridized carbons (Fsp3) is 0.143. The molecule has 0 amide bonds. The molecule has 1 unspecified atom stereocenters. The summed E-state index contributed by atoms with van der Waals surface area (Å²) in [6.07, 6.45) is 0. The maximum atomic E-state index is 6.00. The van der Waals surface area contributed by atoms with Crippen molar-refractivity contribution in [1.82, 2.24) is 0 Å². The molecule has 0 N–H and O–H groups in total. The summed E-state index contributed by atoms with van der Waals surface area (Å²) in [6.45, 7) is 0.301. The number of hydrogen-bond donors (Lipinski definition) is 0. The maximum absolute atomic E-state index is 6.00. The van der Waals surface area contributed by atoms with Crippen molar-refractivity contribution in [3.8, 4) is 0 Å². The highest BCUT2D eigenvalue weighted by molar-refractivity contribution is 9.10. The summed E-state index contributed by atoms with van der Waals surface area (Å²) in [5.74, 6) is 0.592. The zero-order valence-electron chi connectivity index (χ0n) is 9.39. The summed E-state index contributed by atoms with van der Waals surface area (Å²) in [5.41, 5.74) is 2.59. The van der Waals surface area contributed by atoms with E-state index in [2.05, 4.69) is 64.5 Å². The van der Waals surface area contributed by atoms with Gasteiger partial charge in [-0.1, -0.05) is 87.5 Å². The van der Waals surface area contributed by atoms with Gasteiger partial charge in [0.25, 0.3) is 0 Å². The van der Waals surface area contributed by atoms with Crippen LogP contribution in [0.3, 0.4) is 0 Å². The molecular formula is C14H13BBrCl. The van der Waals surface area contributed by atoms with Crippen molar-refractivity contribution in [2.75, 3.05) is 5.88 Å². The fourth-order valence-electron chi connectivity index (χ4n) is 2.02. The first kappa shape index (κ1) is 12.7. The van der Waals surface area contributed by atoms with Crippen LogP contribution in [0.2, 0.25) is 0 Å². The van der Waals surface area contributed by atoms with Crippen molar-refractivity contribution < 1.29 is 0 Å². The summed E-state index contributed by atoms with van der Waals surface area (Å²) >= 11 is 9.68. The largest absolute Gasteiger partial charge is 0.224 e. The Balaban J connectivity index is 2.39. The van der Waals surface area contributed by atoms with Crippen LogP contribution in [-0.4, -0.2) is 17.3 Å². The molecule has 0 heterocycles. The molecule has 0 saturated heterocycles. The fourth-order valence-corrected chi connectivity index (χ4v) is 2.81. The van der Waals surface area contributed by atoms with Gasteiger partial charge in [0.15, 0.2) is 0 Å². The second kappa shape index (κ2) is 6.27.